The molecule has 3 aromatic rings. The molecule has 0 fully saturated rings. The van der Waals surface area contributed by atoms with Crippen LogP contribution in [-0.4, -0.2) is 29.4 Å². The molecule has 0 spiro atoms. The zero-order valence-corrected chi connectivity index (χ0v) is 14.2. The molecule has 2 aromatic heterocycles. The van der Waals surface area contributed by atoms with Crippen molar-refractivity contribution in [2.24, 2.45) is 0 Å². The Labute approximate surface area is 142 Å². The average molecular weight is 353 g/mol. The maximum atomic E-state index is 6.44. The smallest absolute Gasteiger partial charge is 0.180 e. The number of rotatable bonds is 4. The largest absolute Gasteiger partial charge is 0.493 e. The van der Waals surface area contributed by atoms with Crippen LogP contribution < -0.4 is 14.8 Å². The molecule has 1 aromatic carbocycles. The van der Waals surface area contributed by atoms with Gasteiger partial charge < -0.3 is 14.8 Å². The number of aromatic amines is 1. The second-order valence-electron chi connectivity index (χ2n) is 4.88. The summed E-state index contributed by atoms with van der Waals surface area (Å²) in [6.45, 7) is 1.91. The minimum Gasteiger partial charge on any atom is -0.493 e. The second-order valence-corrected chi connectivity index (χ2v) is 5.62. The molecule has 23 heavy (non-hydrogen) atoms. The van der Waals surface area contributed by atoms with E-state index in [4.69, 9.17) is 32.7 Å². The number of anilines is 2. The van der Waals surface area contributed by atoms with Crippen LogP contribution in [0, 0.1) is 6.92 Å². The van der Waals surface area contributed by atoms with Crippen molar-refractivity contribution in [3.8, 4) is 11.5 Å². The summed E-state index contributed by atoms with van der Waals surface area (Å²) >= 11 is 12.7. The zero-order chi connectivity index (χ0) is 16.6. The molecule has 120 valence electrons. The van der Waals surface area contributed by atoms with Gasteiger partial charge in [-0.2, -0.15) is 5.10 Å². The van der Waals surface area contributed by atoms with Gasteiger partial charge in [-0.25, -0.2) is 4.98 Å². The third kappa shape index (κ3) is 2.87. The van der Waals surface area contributed by atoms with E-state index in [-0.39, 0.29) is 0 Å². The van der Waals surface area contributed by atoms with Crippen molar-refractivity contribution >= 4 is 45.6 Å². The molecule has 8 heteroatoms. The van der Waals surface area contributed by atoms with E-state index < -0.39 is 0 Å². The minimum absolute atomic E-state index is 0.306. The molecule has 0 aliphatic heterocycles. The van der Waals surface area contributed by atoms with Crippen molar-refractivity contribution in [1.29, 1.82) is 0 Å². The first-order chi connectivity index (χ1) is 11.0. The van der Waals surface area contributed by atoms with Crippen molar-refractivity contribution in [2.75, 3.05) is 19.5 Å². The lowest BCUT2D eigenvalue weighted by Gasteiger charge is -2.13. The van der Waals surface area contributed by atoms with Crippen molar-refractivity contribution in [1.82, 2.24) is 15.2 Å². The number of methoxy groups -OCH3 is 2. The number of benzene rings is 1. The van der Waals surface area contributed by atoms with Gasteiger partial charge in [-0.1, -0.05) is 23.2 Å². The quantitative estimate of drug-likeness (QED) is 0.683. The molecule has 2 N–H and O–H groups in total. The highest BCUT2D eigenvalue weighted by Gasteiger charge is 2.17. The molecule has 3 rings (SSSR count). The predicted octanol–water partition coefficient (Wildman–Crippen LogP) is 4.33. The fourth-order valence-electron chi connectivity index (χ4n) is 2.29. The summed E-state index contributed by atoms with van der Waals surface area (Å²) < 4.78 is 10.6. The molecule has 0 aliphatic rings. The van der Waals surface area contributed by atoms with E-state index in [1.54, 1.807) is 12.1 Å². The monoisotopic (exact) mass is 352 g/mol. The van der Waals surface area contributed by atoms with Gasteiger partial charge >= 0.3 is 0 Å². The first-order valence-corrected chi connectivity index (χ1v) is 7.49. The van der Waals surface area contributed by atoms with Gasteiger partial charge in [0.05, 0.1) is 19.2 Å². The first-order valence-electron chi connectivity index (χ1n) is 6.73. The molecule has 0 amide bonds. The van der Waals surface area contributed by atoms with Gasteiger partial charge in [-0.3, -0.25) is 5.10 Å². The molecule has 0 bridgehead atoms. The number of nitrogens with one attached hydrogen (secondary N) is 2. The van der Waals surface area contributed by atoms with E-state index in [1.807, 2.05) is 13.0 Å². The second kappa shape index (κ2) is 6.14. The van der Waals surface area contributed by atoms with Gasteiger partial charge in [0, 0.05) is 22.5 Å². The van der Waals surface area contributed by atoms with Crippen LogP contribution in [0.25, 0.3) is 10.8 Å². The molecular formula is C15H14Cl2N4O2. The number of fused-ring (bicyclic) bond motifs is 1. The number of halogens is 2. The summed E-state index contributed by atoms with van der Waals surface area (Å²) in [5.74, 6) is 2.12. The van der Waals surface area contributed by atoms with Crippen LogP contribution in [-0.2, 0) is 0 Å². The topological polar surface area (TPSA) is 72.1 Å². The summed E-state index contributed by atoms with van der Waals surface area (Å²) in [5.41, 5.74) is 0.934. The fourth-order valence-corrected chi connectivity index (χ4v) is 2.86. The third-order valence-electron chi connectivity index (χ3n) is 3.33. The number of H-pyrrole nitrogens is 1. The lowest BCUT2D eigenvalue weighted by atomic mass is 10.1. The summed E-state index contributed by atoms with van der Waals surface area (Å²) in [6.07, 6.45) is 0. The highest BCUT2D eigenvalue weighted by molar-refractivity contribution is 6.40. The number of nitrogens with zero attached hydrogens (tertiary/aromatic N) is 2. The first kappa shape index (κ1) is 15.7. The summed E-state index contributed by atoms with van der Waals surface area (Å²) in [4.78, 5) is 4.32. The van der Waals surface area contributed by atoms with Crippen LogP contribution in [0.2, 0.25) is 10.2 Å². The van der Waals surface area contributed by atoms with Crippen LogP contribution in [0.5, 0.6) is 11.5 Å². The number of ether oxygens (including phenoxy) is 2. The van der Waals surface area contributed by atoms with E-state index >= 15 is 0 Å². The Morgan fingerprint density at radius 1 is 1.04 bits per heavy atom. The van der Waals surface area contributed by atoms with E-state index in [0.717, 1.165) is 5.69 Å². The van der Waals surface area contributed by atoms with Crippen LogP contribution in [0.15, 0.2) is 18.2 Å². The summed E-state index contributed by atoms with van der Waals surface area (Å²) in [7, 11) is 3.07. The zero-order valence-electron chi connectivity index (χ0n) is 12.7. The number of hydrogen-bond donors (Lipinski definition) is 2. The Morgan fingerprint density at radius 2 is 1.83 bits per heavy atom. The van der Waals surface area contributed by atoms with Crippen molar-refractivity contribution in [2.45, 2.75) is 6.92 Å². The summed E-state index contributed by atoms with van der Waals surface area (Å²) in [5, 5.41) is 12.1. The predicted molar refractivity (Wildman–Crippen MR) is 91.5 cm³/mol. The maximum absolute atomic E-state index is 6.44. The Morgan fingerprint density at radius 3 is 2.43 bits per heavy atom. The van der Waals surface area contributed by atoms with Crippen LogP contribution >= 0.6 is 23.2 Å². The Bertz CT molecular complexity index is 880. The lowest BCUT2D eigenvalue weighted by Crippen LogP contribution is -1.97. The molecule has 0 saturated carbocycles. The molecule has 2 heterocycles. The van der Waals surface area contributed by atoms with Gasteiger partial charge in [0.1, 0.15) is 11.0 Å². The molecule has 0 saturated heterocycles. The van der Waals surface area contributed by atoms with E-state index in [2.05, 4.69) is 20.5 Å². The Kier molecular flexibility index (Phi) is 4.19. The van der Waals surface area contributed by atoms with Crippen LogP contribution in [0.3, 0.4) is 0 Å². The van der Waals surface area contributed by atoms with E-state index in [1.165, 1.54) is 14.2 Å². The van der Waals surface area contributed by atoms with Gasteiger partial charge in [-0.15, -0.1) is 0 Å². The molecular weight excluding hydrogens is 339 g/mol. The third-order valence-corrected chi connectivity index (χ3v) is 4.00. The number of aromatic nitrogens is 3. The van der Waals surface area contributed by atoms with Crippen LogP contribution in [0.4, 0.5) is 11.6 Å². The SMILES string of the molecule is COc1cc2c(Cl)nc(Nc3cc(C)[nH]n3)cc2c(Cl)c1OC. The Hall–Kier alpha value is -2.18. The maximum Gasteiger partial charge on any atom is 0.180 e. The number of pyridine rings is 1. The Balaban J connectivity index is 2.14. The average Bonchev–Trinajstić information content (AvgIpc) is 2.93. The minimum atomic E-state index is 0.306. The van der Waals surface area contributed by atoms with Gasteiger partial charge in [-0.05, 0) is 19.1 Å². The molecule has 0 atom stereocenters. The molecule has 0 radical (unpaired) electrons. The molecule has 0 unspecified atom stereocenters. The van der Waals surface area contributed by atoms with Crippen molar-refractivity contribution in [3.63, 3.8) is 0 Å². The van der Waals surface area contributed by atoms with Crippen molar-refractivity contribution in [3.05, 3.63) is 34.1 Å². The van der Waals surface area contributed by atoms with E-state index in [9.17, 15) is 0 Å². The van der Waals surface area contributed by atoms with Gasteiger partial charge in [0.25, 0.3) is 0 Å². The van der Waals surface area contributed by atoms with E-state index in [0.29, 0.717) is 44.1 Å². The molecule has 6 nitrogen and oxygen atoms in total. The van der Waals surface area contributed by atoms with Gasteiger partial charge in [0.2, 0.25) is 0 Å². The normalized spacial score (nSPS) is 10.8. The highest BCUT2D eigenvalue weighted by Crippen LogP contribution is 2.43. The van der Waals surface area contributed by atoms with Crippen LogP contribution in [0.1, 0.15) is 5.69 Å². The summed E-state index contributed by atoms with van der Waals surface area (Å²) in [6, 6.07) is 5.39. The van der Waals surface area contributed by atoms with Gasteiger partial charge in [0.15, 0.2) is 17.3 Å². The van der Waals surface area contributed by atoms with Crippen molar-refractivity contribution < 1.29 is 9.47 Å². The highest BCUT2D eigenvalue weighted by atomic mass is 35.5. The fraction of sp³-hybridized carbons (Fsp3) is 0.200. The lowest BCUT2D eigenvalue weighted by molar-refractivity contribution is 0.356. The standard InChI is InChI=1S/C15H14Cl2N4O2/c1-7-4-12(21-20-7)18-11-6-8-9(15(17)19-11)5-10(22-2)14(23-3)13(8)16/h4-6H,1-3H3,(H2,18,19,20,21). The number of aryl methyl sites for hydroxylation is 1. The number of hydrogen-bond acceptors (Lipinski definition) is 5. The molecule has 0 aliphatic carbocycles.